The van der Waals surface area contributed by atoms with Gasteiger partial charge in [-0.25, -0.2) is 0 Å². The van der Waals surface area contributed by atoms with Crippen LogP contribution in [0.5, 0.6) is 0 Å². The third kappa shape index (κ3) is 2.84. The van der Waals surface area contributed by atoms with Crippen LogP contribution in [0.4, 0.5) is 11.4 Å². The van der Waals surface area contributed by atoms with Crippen molar-refractivity contribution >= 4 is 11.4 Å². The Kier molecular flexibility index (Phi) is 4.00. The maximum absolute atomic E-state index is 5.94. The number of ether oxygens (including phenoxy) is 1. The Hall–Kier alpha value is -1.68. The highest BCUT2D eigenvalue weighted by Crippen LogP contribution is 2.31. The Morgan fingerprint density at radius 2 is 2.26 bits per heavy atom. The predicted octanol–water partition coefficient (Wildman–Crippen LogP) is 2.03. The van der Waals surface area contributed by atoms with Crippen LogP contribution in [0.15, 0.2) is 30.5 Å². The lowest BCUT2D eigenvalue weighted by Gasteiger charge is -2.27. The molecule has 4 N–H and O–H groups in total. The van der Waals surface area contributed by atoms with Gasteiger partial charge in [-0.2, -0.15) is 0 Å². The second-order valence-corrected chi connectivity index (χ2v) is 5.10. The Morgan fingerprint density at radius 1 is 1.53 bits per heavy atom. The standard InChI is InChI=1S/C15H23N3O/c1-4-19-13-8-15(11(3)16)18(9-13)12-5-6-14(17)10(2)7-12/h5-7,13,15H,3-4,8-9,16-17H2,1-2H3. The smallest absolute Gasteiger partial charge is 0.0773 e. The van der Waals surface area contributed by atoms with Gasteiger partial charge in [0.15, 0.2) is 0 Å². The van der Waals surface area contributed by atoms with E-state index in [2.05, 4.69) is 17.5 Å². The number of nitrogen functional groups attached to an aromatic ring is 1. The molecule has 1 heterocycles. The molecular weight excluding hydrogens is 238 g/mol. The van der Waals surface area contributed by atoms with Crippen LogP contribution >= 0.6 is 0 Å². The van der Waals surface area contributed by atoms with Crippen molar-refractivity contribution in [2.75, 3.05) is 23.8 Å². The summed E-state index contributed by atoms with van der Waals surface area (Å²) in [6.07, 6.45) is 1.11. The summed E-state index contributed by atoms with van der Waals surface area (Å²) in [5.41, 5.74) is 15.5. The first-order valence-electron chi connectivity index (χ1n) is 6.71. The minimum absolute atomic E-state index is 0.138. The Morgan fingerprint density at radius 3 is 2.84 bits per heavy atom. The summed E-state index contributed by atoms with van der Waals surface area (Å²) in [6, 6.07) is 6.21. The molecule has 0 aliphatic carbocycles. The van der Waals surface area contributed by atoms with Crippen molar-refractivity contribution in [3.8, 4) is 0 Å². The van der Waals surface area contributed by atoms with Gasteiger partial charge in [-0.15, -0.1) is 0 Å². The molecule has 2 unspecified atom stereocenters. The number of rotatable bonds is 4. The summed E-state index contributed by atoms with van der Waals surface area (Å²) >= 11 is 0. The fraction of sp³-hybridized carbons (Fsp3) is 0.467. The van der Waals surface area contributed by atoms with Gasteiger partial charge in [-0.05, 0) is 37.6 Å². The molecule has 1 aliphatic rings. The van der Waals surface area contributed by atoms with Crippen molar-refractivity contribution in [1.29, 1.82) is 0 Å². The number of nitrogens with zero attached hydrogens (tertiary/aromatic N) is 1. The molecule has 2 rings (SSSR count). The molecule has 1 aromatic carbocycles. The van der Waals surface area contributed by atoms with Gasteiger partial charge >= 0.3 is 0 Å². The Balaban J connectivity index is 2.25. The monoisotopic (exact) mass is 261 g/mol. The number of aryl methyl sites for hydroxylation is 1. The lowest BCUT2D eigenvalue weighted by Crippen LogP contribution is -2.33. The van der Waals surface area contributed by atoms with Crippen molar-refractivity contribution < 1.29 is 4.74 Å². The van der Waals surface area contributed by atoms with Crippen molar-refractivity contribution in [1.82, 2.24) is 0 Å². The van der Waals surface area contributed by atoms with Gasteiger partial charge in [0, 0.05) is 36.6 Å². The summed E-state index contributed by atoms with van der Waals surface area (Å²) in [5.74, 6) is 0. The van der Waals surface area contributed by atoms with Crippen molar-refractivity contribution in [2.24, 2.45) is 5.73 Å². The third-order valence-corrected chi connectivity index (χ3v) is 3.68. The van der Waals surface area contributed by atoms with Crippen LogP contribution in [0.1, 0.15) is 18.9 Å². The van der Waals surface area contributed by atoms with Crippen LogP contribution in [-0.2, 0) is 4.74 Å². The van der Waals surface area contributed by atoms with E-state index in [-0.39, 0.29) is 12.1 Å². The molecule has 2 atom stereocenters. The summed E-state index contributed by atoms with van der Waals surface area (Å²) in [6.45, 7) is 9.51. The van der Waals surface area contributed by atoms with Gasteiger partial charge in [0.25, 0.3) is 0 Å². The lowest BCUT2D eigenvalue weighted by atomic mass is 10.1. The fourth-order valence-corrected chi connectivity index (χ4v) is 2.63. The quantitative estimate of drug-likeness (QED) is 0.814. The van der Waals surface area contributed by atoms with Crippen molar-refractivity contribution in [3.05, 3.63) is 36.0 Å². The van der Waals surface area contributed by atoms with Crippen LogP contribution in [0, 0.1) is 6.92 Å². The highest BCUT2D eigenvalue weighted by molar-refractivity contribution is 5.59. The van der Waals surface area contributed by atoms with E-state index >= 15 is 0 Å². The van der Waals surface area contributed by atoms with Gasteiger partial charge in [0.1, 0.15) is 0 Å². The Bertz CT molecular complexity index is 472. The molecule has 0 bridgehead atoms. The molecule has 0 radical (unpaired) electrons. The average Bonchev–Trinajstić information content (AvgIpc) is 2.77. The zero-order chi connectivity index (χ0) is 14.0. The van der Waals surface area contributed by atoms with Gasteiger partial charge in [0.2, 0.25) is 0 Å². The molecule has 4 heteroatoms. The van der Waals surface area contributed by atoms with Gasteiger partial charge in [-0.3, -0.25) is 0 Å². The number of anilines is 2. The first-order chi connectivity index (χ1) is 9.02. The normalized spacial score (nSPS) is 22.7. The molecule has 0 amide bonds. The van der Waals surface area contributed by atoms with E-state index in [1.54, 1.807) is 0 Å². The summed E-state index contributed by atoms with van der Waals surface area (Å²) in [7, 11) is 0. The van der Waals surface area contributed by atoms with Gasteiger partial charge < -0.3 is 21.1 Å². The molecule has 4 nitrogen and oxygen atoms in total. The molecule has 0 aromatic heterocycles. The van der Waals surface area contributed by atoms with Crippen molar-refractivity contribution in [3.63, 3.8) is 0 Å². The number of benzene rings is 1. The van der Waals surface area contributed by atoms with Crippen LogP contribution in [0.25, 0.3) is 0 Å². The van der Waals surface area contributed by atoms with E-state index in [4.69, 9.17) is 16.2 Å². The summed E-state index contributed by atoms with van der Waals surface area (Å²) < 4.78 is 5.73. The predicted molar refractivity (Wildman–Crippen MR) is 80.1 cm³/mol. The van der Waals surface area contributed by atoms with Crippen molar-refractivity contribution in [2.45, 2.75) is 32.4 Å². The van der Waals surface area contributed by atoms with E-state index in [0.717, 1.165) is 36.5 Å². The topological polar surface area (TPSA) is 64.5 Å². The van der Waals surface area contributed by atoms with E-state index < -0.39 is 0 Å². The van der Waals surface area contributed by atoms with Crippen LogP contribution in [0.3, 0.4) is 0 Å². The highest BCUT2D eigenvalue weighted by Gasteiger charge is 2.33. The maximum Gasteiger partial charge on any atom is 0.0773 e. The zero-order valence-electron chi connectivity index (χ0n) is 11.7. The molecule has 1 saturated heterocycles. The number of nitrogens with two attached hydrogens (primary N) is 2. The van der Waals surface area contributed by atoms with E-state index in [9.17, 15) is 0 Å². The molecule has 1 fully saturated rings. The maximum atomic E-state index is 5.94. The molecular formula is C15H23N3O. The fourth-order valence-electron chi connectivity index (χ4n) is 2.63. The third-order valence-electron chi connectivity index (χ3n) is 3.68. The SMILES string of the molecule is C=C(N)C1CC(OCC)CN1c1ccc(N)c(C)c1. The Labute approximate surface area is 115 Å². The van der Waals surface area contributed by atoms with E-state index in [1.807, 2.05) is 26.0 Å². The van der Waals surface area contributed by atoms with Crippen LogP contribution < -0.4 is 16.4 Å². The van der Waals surface area contributed by atoms with Crippen LogP contribution in [-0.4, -0.2) is 25.3 Å². The molecule has 1 aromatic rings. The molecule has 0 spiro atoms. The largest absolute Gasteiger partial charge is 0.401 e. The van der Waals surface area contributed by atoms with E-state index in [0.29, 0.717) is 5.70 Å². The first kappa shape index (κ1) is 13.7. The second kappa shape index (κ2) is 5.53. The first-order valence-corrected chi connectivity index (χ1v) is 6.71. The highest BCUT2D eigenvalue weighted by atomic mass is 16.5. The average molecular weight is 261 g/mol. The van der Waals surface area contributed by atoms with Gasteiger partial charge in [-0.1, -0.05) is 6.58 Å². The molecule has 19 heavy (non-hydrogen) atoms. The number of hydrogen-bond acceptors (Lipinski definition) is 4. The molecule has 0 saturated carbocycles. The molecule has 104 valence electrons. The summed E-state index contributed by atoms with van der Waals surface area (Å²) in [5, 5.41) is 0. The van der Waals surface area contributed by atoms with Crippen LogP contribution in [0.2, 0.25) is 0 Å². The zero-order valence-corrected chi connectivity index (χ0v) is 11.7. The second-order valence-electron chi connectivity index (χ2n) is 5.10. The lowest BCUT2D eigenvalue weighted by molar-refractivity contribution is 0.0772. The molecule has 1 aliphatic heterocycles. The minimum atomic E-state index is 0.138. The van der Waals surface area contributed by atoms with E-state index in [1.165, 1.54) is 0 Å². The summed E-state index contributed by atoms with van der Waals surface area (Å²) in [4.78, 5) is 2.26. The van der Waals surface area contributed by atoms with Gasteiger partial charge in [0.05, 0.1) is 12.1 Å². The minimum Gasteiger partial charge on any atom is -0.401 e. The number of hydrogen-bond donors (Lipinski definition) is 2.